The van der Waals surface area contributed by atoms with Gasteiger partial charge in [0.05, 0.1) is 0 Å². The van der Waals surface area contributed by atoms with Crippen molar-refractivity contribution in [2.24, 2.45) is 0 Å². The van der Waals surface area contributed by atoms with E-state index in [9.17, 15) is 14.4 Å². The van der Waals surface area contributed by atoms with Gasteiger partial charge in [-0.3, -0.25) is 4.79 Å². The fourth-order valence-corrected chi connectivity index (χ4v) is 2.01. The molecule has 0 bridgehead atoms. The molecule has 0 aliphatic rings. The van der Waals surface area contributed by atoms with Crippen LogP contribution in [0.25, 0.3) is 0 Å². The number of hydrogen-bond acceptors (Lipinski definition) is 3. The molecule has 0 radical (unpaired) electrons. The van der Waals surface area contributed by atoms with E-state index in [1.54, 1.807) is 14.0 Å². The summed E-state index contributed by atoms with van der Waals surface area (Å²) in [6.45, 7) is 3.75. The van der Waals surface area contributed by atoms with Gasteiger partial charge in [0.1, 0.15) is 5.54 Å². The molecule has 0 saturated heterocycles. The number of hydrogen-bond donors (Lipinski definition) is 3. The lowest BCUT2D eigenvalue weighted by Gasteiger charge is -2.24. The fraction of sp³-hybridized carbons (Fsp3) is 0.471. The Balaban J connectivity index is 2.37. The zero-order valence-electron chi connectivity index (χ0n) is 14.3. The Hall–Kier alpha value is -2.57. The molecular formula is C17H25N3O4. The van der Waals surface area contributed by atoms with E-state index >= 15 is 0 Å². The average molecular weight is 335 g/mol. The van der Waals surface area contributed by atoms with E-state index in [2.05, 4.69) is 10.6 Å². The first-order valence-corrected chi connectivity index (χ1v) is 7.86. The van der Waals surface area contributed by atoms with Crippen molar-refractivity contribution >= 4 is 17.9 Å². The number of carboxylic acid groups (broad SMARTS) is 1. The predicted octanol–water partition coefficient (Wildman–Crippen LogP) is 1.59. The van der Waals surface area contributed by atoms with Crippen molar-refractivity contribution in [1.82, 2.24) is 15.5 Å². The molecule has 1 aromatic carbocycles. The van der Waals surface area contributed by atoms with Crippen LogP contribution in [0.4, 0.5) is 4.79 Å². The number of aliphatic carboxylic acids is 1. The first kappa shape index (κ1) is 19.5. The topological polar surface area (TPSA) is 98.7 Å². The van der Waals surface area contributed by atoms with Crippen molar-refractivity contribution in [1.29, 1.82) is 0 Å². The molecule has 132 valence electrons. The summed E-state index contributed by atoms with van der Waals surface area (Å²) in [7, 11) is 1.67. The maximum Gasteiger partial charge on any atom is 0.329 e. The number of carbonyl (C=O) groups is 3. The standard InChI is InChI=1S/C17H25N3O4/c1-4-17(2,15(22)23)19-14(21)10-11-18-16(24)20(3)12-13-8-6-5-7-9-13/h5-9H,4,10-12H2,1-3H3,(H,18,24)(H,19,21)(H,22,23). The second-order valence-corrected chi connectivity index (χ2v) is 5.86. The molecule has 24 heavy (non-hydrogen) atoms. The van der Waals surface area contributed by atoms with Gasteiger partial charge in [0, 0.05) is 26.6 Å². The van der Waals surface area contributed by atoms with Gasteiger partial charge in [0.25, 0.3) is 0 Å². The first-order chi connectivity index (χ1) is 11.3. The minimum Gasteiger partial charge on any atom is -0.480 e. The van der Waals surface area contributed by atoms with Gasteiger partial charge in [-0.2, -0.15) is 0 Å². The summed E-state index contributed by atoms with van der Waals surface area (Å²) in [5.41, 5.74) is -0.279. The molecule has 1 atom stereocenters. The third-order valence-electron chi connectivity index (χ3n) is 3.83. The highest BCUT2D eigenvalue weighted by molar-refractivity contribution is 5.86. The van der Waals surface area contributed by atoms with Crippen molar-refractivity contribution < 1.29 is 19.5 Å². The number of urea groups is 1. The number of carboxylic acids is 1. The second kappa shape index (κ2) is 8.90. The highest BCUT2D eigenvalue weighted by atomic mass is 16.4. The molecule has 0 aliphatic carbocycles. The Morgan fingerprint density at radius 1 is 1.21 bits per heavy atom. The van der Waals surface area contributed by atoms with Crippen molar-refractivity contribution in [3.05, 3.63) is 35.9 Å². The monoisotopic (exact) mass is 335 g/mol. The Bertz CT molecular complexity index is 576. The third kappa shape index (κ3) is 5.91. The summed E-state index contributed by atoms with van der Waals surface area (Å²) in [5.74, 6) is -1.49. The van der Waals surface area contributed by atoms with E-state index in [1.165, 1.54) is 11.8 Å². The number of nitrogens with zero attached hydrogens (tertiary/aromatic N) is 1. The summed E-state index contributed by atoms with van der Waals surface area (Å²) < 4.78 is 0. The van der Waals surface area contributed by atoms with Crippen LogP contribution in [-0.4, -0.2) is 47.0 Å². The average Bonchev–Trinajstić information content (AvgIpc) is 2.55. The van der Waals surface area contributed by atoms with Gasteiger partial charge in [0.2, 0.25) is 5.91 Å². The summed E-state index contributed by atoms with van der Waals surface area (Å²) in [6.07, 6.45) is 0.300. The van der Waals surface area contributed by atoms with E-state index in [4.69, 9.17) is 5.11 Å². The van der Waals surface area contributed by atoms with Crippen LogP contribution >= 0.6 is 0 Å². The molecule has 0 fully saturated rings. The molecule has 0 saturated carbocycles. The van der Waals surface area contributed by atoms with Gasteiger partial charge < -0.3 is 20.6 Å². The summed E-state index contributed by atoms with van der Waals surface area (Å²) in [6, 6.07) is 9.27. The van der Waals surface area contributed by atoms with Crippen LogP contribution in [-0.2, 0) is 16.1 Å². The largest absolute Gasteiger partial charge is 0.480 e. The third-order valence-corrected chi connectivity index (χ3v) is 3.83. The highest BCUT2D eigenvalue weighted by Gasteiger charge is 2.32. The molecular weight excluding hydrogens is 310 g/mol. The zero-order chi connectivity index (χ0) is 18.2. The van der Waals surface area contributed by atoms with Gasteiger partial charge in [-0.15, -0.1) is 0 Å². The smallest absolute Gasteiger partial charge is 0.329 e. The summed E-state index contributed by atoms with van der Waals surface area (Å²) >= 11 is 0. The lowest BCUT2D eigenvalue weighted by Crippen LogP contribution is -2.52. The molecule has 0 aromatic heterocycles. The summed E-state index contributed by atoms with van der Waals surface area (Å²) in [5, 5.41) is 14.2. The van der Waals surface area contributed by atoms with Crippen LogP contribution in [0.15, 0.2) is 30.3 Å². The Labute approximate surface area is 142 Å². The number of amides is 3. The van der Waals surface area contributed by atoms with Gasteiger partial charge in [-0.25, -0.2) is 9.59 Å². The van der Waals surface area contributed by atoms with Gasteiger partial charge >= 0.3 is 12.0 Å². The number of carbonyl (C=O) groups excluding carboxylic acids is 2. The lowest BCUT2D eigenvalue weighted by atomic mass is 9.99. The highest BCUT2D eigenvalue weighted by Crippen LogP contribution is 2.09. The molecule has 3 amide bonds. The van der Waals surface area contributed by atoms with Crippen molar-refractivity contribution in [2.75, 3.05) is 13.6 Å². The number of nitrogens with one attached hydrogen (secondary N) is 2. The zero-order valence-corrected chi connectivity index (χ0v) is 14.3. The Kier molecular flexibility index (Phi) is 7.23. The van der Waals surface area contributed by atoms with E-state index in [-0.39, 0.29) is 25.4 Å². The molecule has 1 rings (SSSR count). The van der Waals surface area contributed by atoms with Gasteiger partial charge in [-0.1, -0.05) is 37.3 Å². The molecule has 3 N–H and O–H groups in total. The van der Waals surface area contributed by atoms with Crippen molar-refractivity contribution in [2.45, 2.75) is 38.8 Å². The van der Waals surface area contributed by atoms with E-state index < -0.39 is 17.4 Å². The maximum absolute atomic E-state index is 12.0. The van der Waals surface area contributed by atoms with E-state index in [0.717, 1.165) is 5.56 Å². The molecule has 7 nitrogen and oxygen atoms in total. The predicted molar refractivity (Wildman–Crippen MR) is 90.4 cm³/mol. The lowest BCUT2D eigenvalue weighted by molar-refractivity contribution is -0.147. The maximum atomic E-state index is 12.0. The van der Waals surface area contributed by atoms with Crippen molar-refractivity contribution in [3.63, 3.8) is 0 Å². The molecule has 7 heteroatoms. The molecule has 1 aromatic rings. The molecule has 1 unspecified atom stereocenters. The quantitative estimate of drug-likeness (QED) is 0.672. The van der Waals surface area contributed by atoms with Gasteiger partial charge in [-0.05, 0) is 18.9 Å². The van der Waals surface area contributed by atoms with Crippen LogP contribution in [0.3, 0.4) is 0 Å². The van der Waals surface area contributed by atoms with Crippen LogP contribution in [0.2, 0.25) is 0 Å². The molecule has 0 heterocycles. The summed E-state index contributed by atoms with van der Waals surface area (Å²) in [4.78, 5) is 36.4. The number of rotatable bonds is 8. The minimum atomic E-state index is -1.29. The molecule has 0 spiro atoms. The van der Waals surface area contributed by atoms with E-state index in [1.807, 2.05) is 30.3 Å². The normalized spacial score (nSPS) is 12.8. The Morgan fingerprint density at radius 3 is 2.38 bits per heavy atom. The number of benzene rings is 1. The van der Waals surface area contributed by atoms with Crippen LogP contribution < -0.4 is 10.6 Å². The van der Waals surface area contributed by atoms with E-state index in [0.29, 0.717) is 6.54 Å². The minimum absolute atomic E-state index is 0.0216. The Morgan fingerprint density at radius 2 is 1.83 bits per heavy atom. The SMILES string of the molecule is CCC(C)(NC(=O)CCNC(=O)N(C)Cc1ccccc1)C(=O)O. The fourth-order valence-electron chi connectivity index (χ4n) is 2.01. The van der Waals surface area contributed by atoms with Crippen LogP contribution in [0.1, 0.15) is 32.3 Å². The van der Waals surface area contributed by atoms with Crippen molar-refractivity contribution in [3.8, 4) is 0 Å². The molecule has 0 aliphatic heterocycles. The first-order valence-electron chi connectivity index (χ1n) is 7.86. The van der Waals surface area contributed by atoms with Crippen LogP contribution in [0.5, 0.6) is 0 Å². The van der Waals surface area contributed by atoms with Gasteiger partial charge in [0.15, 0.2) is 0 Å². The second-order valence-electron chi connectivity index (χ2n) is 5.86. The van der Waals surface area contributed by atoms with Crippen LogP contribution in [0, 0.1) is 0 Å².